The number of carbonyl (C=O) groups is 1. The Morgan fingerprint density at radius 2 is 2.35 bits per heavy atom. The molecule has 1 heterocycles. The largest absolute Gasteiger partial charge is 0.464 e. The number of nitrogens with one attached hydrogen (secondary N) is 1. The van der Waals surface area contributed by atoms with E-state index in [-0.39, 0.29) is 12.6 Å². The lowest BCUT2D eigenvalue weighted by molar-refractivity contribution is -0.148. The topological polar surface area (TPSA) is 56.8 Å². The lowest BCUT2D eigenvalue weighted by Crippen LogP contribution is -2.24. The first kappa shape index (κ1) is 14.4. The molecule has 0 aliphatic carbocycles. The molecule has 1 unspecified atom stereocenters. The van der Waals surface area contributed by atoms with Gasteiger partial charge in [0, 0.05) is 19.8 Å². The Morgan fingerprint density at radius 3 is 3.06 bits per heavy atom. The van der Waals surface area contributed by atoms with Crippen LogP contribution in [-0.4, -0.2) is 52.1 Å². The Bertz CT molecular complexity index is 205. The van der Waals surface area contributed by atoms with Crippen LogP contribution in [0.2, 0.25) is 0 Å². The van der Waals surface area contributed by atoms with E-state index in [2.05, 4.69) is 5.32 Å². The van der Waals surface area contributed by atoms with Gasteiger partial charge in [-0.05, 0) is 32.2 Å². The van der Waals surface area contributed by atoms with E-state index in [1.165, 1.54) is 6.42 Å². The molecular formula is C12H23NO4. The number of hydrogen-bond donors (Lipinski definition) is 1. The molecule has 100 valence electrons. The third-order valence-electron chi connectivity index (χ3n) is 2.70. The smallest absolute Gasteiger partial charge is 0.332 e. The van der Waals surface area contributed by atoms with Gasteiger partial charge in [0.2, 0.25) is 0 Å². The van der Waals surface area contributed by atoms with Crippen LogP contribution in [0.25, 0.3) is 0 Å². The van der Waals surface area contributed by atoms with Gasteiger partial charge in [0.25, 0.3) is 0 Å². The maximum absolute atomic E-state index is 10.9. The minimum Gasteiger partial charge on any atom is -0.464 e. The normalized spacial score (nSPS) is 19.5. The minimum absolute atomic E-state index is 0.0476. The highest BCUT2D eigenvalue weighted by atomic mass is 16.6. The highest BCUT2D eigenvalue weighted by molar-refractivity contribution is 5.70. The van der Waals surface area contributed by atoms with Crippen LogP contribution in [0.3, 0.4) is 0 Å². The summed E-state index contributed by atoms with van der Waals surface area (Å²) in [5.74, 6) is 0.415. The van der Waals surface area contributed by atoms with Crippen LogP contribution in [0.5, 0.6) is 0 Å². The summed E-state index contributed by atoms with van der Waals surface area (Å²) in [6.45, 7) is 6.35. The highest BCUT2D eigenvalue weighted by Crippen LogP contribution is 2.14. The number of hydrogen-bond acceptors (Lipinski definition) is 5. The number of ether oxygens (including phenoxy) is 3. The average molecular weight is 245 g/mol. The Balaban J connectivity index is 1.79. The molecule has 1 saturated heterocycles. The standard InChI is InChI=1S/C12H23NO4/c1-2-17-12(14)10-16-8-6-13-5-3-11-4-7-15-9-11/h11,13H,2-10H2,1H3. The van der Waals surface area contributed by atoms with Gasteiger partial charge in [-0.3, -0.25) is 0 Å². The fourth-order valence-electron chi connectivity index (χ4n) is 1.74. The summed E-state index contributed by atoms with van der Waals surface area (Å²) in [6.07, 6.45) is 2.33. The van der Waals surface area contributed by atoms with E-state index in [9.17, 15) is 4.79 Å². The molecule has 0 aromatic heterocycles. The van der Waals surface area contributed by atoms with Crippen LogP contribution < -0.4 is 5.32 Å². The van der Waals surface area contributed by atoms with Crippen molar-refractivity contribution in [3.63, 3.8) is 0 Å². The molecule has 0 amide bonds. The molecule has 1 aliphatic rings. The summed E-state index contributed by atoms with van der Waals surface area (Å²) in [5.41, 5.74) is 0. The van der Waals surface area contributed by atoms with Crippen molar-refractivity contribution in [1.82, 2.24) is 5.32 Å². The first-order valence-electron chi connectivity index (χ1n) is 6.34. The molecule has 1 aliphatic heterocycles. The fraction of sp³-hybridized carbons (Fsp3) is 0.917. The van der Waals surface area contributed by atoms with Crippen molar-refractivity contribution in [2.75, 3.05) is 46.1 Å². The van der Waals surface area contributed by atoms with E-state index < -0.39 is 0 Å². The van der Waals surface area contributed by atoms with E-state index in [0.717, 1.165) is 32.7 Å². The number of esters is 1. The third-order valence-corrected chi connectivity index (χ3v) is 2.70. The van der Waals surface area contributed by atoms with Gasteiger partial charge in [-0.1, -0.05) is 0 Å². The molecule has 5 nitrogen and oxygen atoms in total. The summed E-state index contributed by atoms with van der Waals surface area (Å²) >= 11 is 0. The summed E-state index contributed by atoms with van der Waals surface area (Å²) in [7, 11) is 0. The van der Waals surface area contributed by atoms with Gasteiger partial charge in [0.15, 0.2) is 0 Å². The van der Waals surface area contributed by atoms with Crippen molar-refractivity contribution in [1.29, 1.82) is 0 Å². The van der Waals surface area contributed by atoms with Gasteiger partial charge in [-0.15, -0.1) is 0 Å². The number of rotatable bonds is 9. The average Bonchev–Trinajstić information content (AvgIpc) is 2.81. The van der Waals surface area contributed by atoms with Crippen LogP contribution in [0, 0.1) is 5.92 Å². The summed E-state index contributed by atoms with van der Waals surface area (Å²) in [6, 6.07) is 0. The summed E-state index contributed by atoms with van der Waals surface area (Å²) < 4.78 is 15.2. The monoisotopic (exact) mass is 245 g/mol. The molecule has 1 N–H and O–H groups in total. The molecule has 0 spiro atoms. The van der Waals surface area contributed by atoms with Crippen LogP contribution in [0.4, 0.5) is 0 Å². The SMILES string of the molecule is CCOC(=O)COCCNCCC1CCOC1. The van der Waals surface area contributed by atoms with Gasteiger partial charge < -0.3 is 19.5 Å². The van der Waals surface area contributed by atoms with Crippen LogP contribution in [-0.2, 0) is 19.0 Å². The fourth-order valence-corrected chi connectivity index (χ4v) is 1.74. The van der Waals surface area contributed by atoms with Crippen molar-refractivity contribution >= 4 is 5.97 Å². The Labute approximate surface area is 103 Å². The van der Waals surface area contributed by atoms with E-state index in [1.807, 2.05) is 0 Å². The van der Waals surface area contributed by atoms with E-state index in [1.54, 1.807) is 6.92 Å². The van der Waals surface area contributed by atoms with E-state index >= 15 is 0 Å². The predicted molar refractivity (Wildman–Crippen MR) is 63.9 cm³/mol. The third kappa shape index (κ3) is 7.31. The molecule has 1 rings (SSSR count). The van der Waals surface area contributed by atoms with Crippen molar-refractivity contribution in [3.8, 4) is 0 Å². The van der Waals surface area contributed by atoms with Crippen LogP contribution in [0.1, 0.15) is 19.8 Å². The van der Waals surface area contributed by atoms with Gasteiger partial charge in [0.05, 0.1) is 13.2 Å². The van der Waals surface area contributed by atoms with Crippen LogP contribution in [0.15, 0.2) is 0 Å². The minimum atomic E-state index is -0.296. The lowest BCUT2D eigenvalue weighted by atomic mass is 10.1. The molecule has 5 heteroatoms. The molecule has 0 bridgehead atoms. The quantitative estimate of drug-likeness (QED) is 0.476. The highest BCUT2D eigenvalue weighted by Gasteiger charge is 2.14. The second-order valence-corrected chi connectivity index (χ2v) is 4.13. The summed E-state index contributed by atoms with van der Waals surface area (Å²) in [4.78, 5) is 10.9. The van der Waals surface area contributed by atoms with Gasteiger partial charge in [-0.2, -0.15) is 0 Å². The molecule has 0 radical (unpaired) electrons. The Hall–Kier alpha value is -0.650. The zero-order valence-electron chi connectivity index (χ0n) is 10.6. The van der Waals surface area contributed by atoms with Gasteiger partial charge in [-0.25, -0.2) is 4.79 Å². The molecule has 0 aromatic carbocycles. The zero-order valence-corrected chi connectivity index (χ0v) is 10.6. The lowest BCUT2D eigenvalue weighted by Gasteiger charge is -2.08. The Kier molecular flexibility index (Phi) is 7.96. The second-order valence-electron chi connectivity index (χ2n) is 4.13. The second kappa shape index (κ2) is 9.39. The molecule has 17 heavy (non-hydrogen) atoms. The molecule has 0 saturated carbocycles. The predicted octanol–water partition coefficient (Wildman–Crippen LogP) is 0.582. The van der Waals surface area contributed by atoms with E-state index in [4.69, 9.17) is 14.2 Å². The Morgan fingerprint density at radius 1 is 1.47 bits per heavy atom. The number of carbonyl (C=O) groups excluding carboxylic acids is 1. The van der Waals surface area contributed by atoms with E-state index in [0.29, 0.717) is 19.1 Å². The zero-order chi connectivity index (χ0) is 12.3. The first-order chi connectivity index (χ1) is 8.33. The molecular weight excluding hydrogens is 222 g/mol. The van der Waals surface area contributed by atoms with Gasteiger partial charge in [0.1, 0.15) is 6.61 Å². The maximum atomic E-state index is 10.9. The van der Waals surface area contributed by atoms with Gasteiger partial charge >= 0.3 is 5.97 Å². The van der Waals surface area contributed by atoms with Crippen molar-refractivity contribution < 1.29 is 19.0 Å². The maximum Gasteiger partial charge on any atom is 0.332 e. The molecule has 1 atom stereocenters. The molecule has 1 fully saturated rings. The van der Waals surface area contributed by atoms with Crippen LogP contribution >= 0.6 is 0 Å². The van der Waals surface area contributed by atoms with Crippen molar-refractivity contribution in [3.05, 3.63) is 0 Å². The summed E-state index contributed by atoms with van der Waals surface area (Å²) in [5, 5.41) is 3.29. The van der Waals surface area contributed by atoms with Crippen molar-refractivity contribution in [2.45, 2.75) is 19.8 Å². The first-order valence-corrected chi connectivity index (χ1v) is 6.34. The van der Waals surface area contributed by atoms with Crippen molar-refractivity contribution in [2.24, 2.45) is 5.92 Å². The molecule has 0 aromatic rings.